The number of benzene rings is 1. The van der Waals surface area contributed by atoms with Crippen LogP contribution in [0.1, 0.15) is 42.4 Å². The van der Waals surface area contributed by atoms with Crippen LogP contribution in [0, 0.1) is 0 Å². The SMILES string of the molecule is Cn1nc(C(=O)Nc2ccnn2Cc2ccc(C(C)(C)C)cc2)ccc1=O. The average molecular weight is 365 g/mol. The molecule has 2 aromatic heterocycles. The Balaban J connectivity index is 1.75. The summed E-state index contributed by atoms with van der Waals surface area (Å²) < 4.78 is 2.84. The number of aryl methyl sites for hydroxylation is 1. The van der Waals surface area contributed by atoms with E-state index in [1.165, 1.54) is 24.7 Å². The zero-order chi connectivity index (χ0) is 19.6. The lowest BCUT2D eigenvalue weighted by Gasteiger charge is -2.19. The van der Waals surface area contributed by atoms with Crippen LogP contribution in [0.25, 0.3) is 0 Å². The average Bonchev–Trinajstić information content (AvgIpc) is 3.03. The van der Waals surface area contributed by atoms with Crippen molar-refractivity contribution < 1.29 is 4.79 Å². The quantitative estimate of drug-likeness (QED) is 0.770. The third kappa shape index (κ3) is 4.31. The molecule has 140 valence electrons. The predicted molar refractivity (Wildman–Crippen MR) is 104 cm³/mol. The van der Waals surface area contributed by atoms with Crippen molar-refractivity contribution in [2.45, 2.75) is 32.7 Å². The van der Waals surface area contributed by atoms with E-state index in [0.29, 0.717) is 12.4 Å². The Labute approximate surface area is 157 Å². The first-order valence-corrected chi connectivity index (χ1v) is 8.71. The van der Waals surface area contributed by atoms with Gasteiger partial charge in [-0.1, -0.05) is 45.0 Å². The highest BCUT2D eigenvalue weighted by molar-refractivity contribution is 6.02. The van der Waals surface area contributed by atoms with Gasteiger partial charge in [-0.25, -0.2) is 9.36 Å². The van der Waals surface area contributed by atoms with E-state index in [9.17, 15) is 9.59 Å². The molecule has 7 heteroatoms. The first kappa shape index (κ1) is 18.6. The fraction of sp³-hybridized carbons (Fsp3) is 0.300. The third-order valence-electron chi connectivity index (χ3n) is 4.30. The third-order valence-corrected chi connectivity index (χ3v) is 4.30. The van der Waals surface area contributed by atoms with Crippen molar-refractivity contribution in [3.8, 4) is 0 Å². The molecule has 1 aromatic carbocycles. The van der Waals surface area contributed by atoms with Crippen LogP contribution in [0.3, 0.4) is 0 Å². The molecule has 0 radical (unpaired) electrons. The summed E-state index contributed by atoms with van der Waals surface area (Å²) in [6.07, 6.45) is 1.63. The summed E-state index contributed by atoms with van der Waals surface area (Å²) in [5.41, 5.74) is 2.35. The van der Waals surface area contributed by atoms with Gasteiger partial charge in [0.15, 0.2) is 0 Å². The number of carbonyl (C=O) groups is 1. The molecule has 0 bridgehead atoms. The summed E-state index contributed by atoms with van der Waals surface area (Å²) in [5.74, 6) is 0.172. The molecule has 0 spiro atoms. The topological polar surface area (TPSA) is 81.8 Å². The molecular formula is C20H23N5O2. The highest BCUT2D eigenvalue weighted by Crippen LogP contribution is 2.22. The second-order valence-electron chi connectivity index (χ2n) is 7.46. The summed E-state index contributed by atoms with van der Waals surface area (Å²) in [4.78, 5) is 23.8. The molecule has 0 aliphatic carbocycles. The Hall–Kier alpha value is -3.22. The lowest BCUT2D eigenvalue weighted by molar-refractivity contribution is 0.101. The maximum Gasteiger partial charge on any atom is 0.277 e. The number of anilines is 1. The van der Waals surface area contributed by atoms with Gasteiger partial charge in [0.2, 0.25) is 0 Å². The normalized spacial score (nSPS) is 11.4. The van der Waals surface area contributed by atoms with Crippen molar-refractivity contribution >= 4 is 11.7 Å². The second kappa shape index (κ2) is 7.19. The molecule has 7 nitrogen and oxygen atoms in total. The van der Waals surface area contributed by atoms with Crippen LogP contribution in [0.4, 0.5) is 5.82 Å². The number of aromatic nitrogens is 4. The molecule has 0 saturated carbocycles. The zero-order valence-corrected chi connectivity index (χ0v) is 15.9. The Morgan fingerprint density at radius 1 is 1.07 bits per heavy atom. The minimum Gasteiger partial charge on any atom is -0.305 e. The molecule has 0 unspecified atom stereocenters. The number of nitrogens with zero attached hydrogens (tertiary/aromatic N) is 4. The maximum absolute atomic E-state index is 12.4. The van der Waals surface area contributed by atoms with Gasteiger partial charge in [0.1, 0.15) is 11.5 Å². The fourth-order valence-corrected chi connectivity index (χ4v) is 2.65. The van der Waals surface area contributed by atoms with E-state index in [4.69, 9.17) is 0 Å². The summed E-state index contributed by atoms with van der Waals surface area (Å²) >= 11 is 0. The van der Waals surface area contributed by atoms with Crippen molar-refractivity contribution in [2.24, 2.45) is 7.05 Å². The largest absolute Gasteiger partial charge is 0.305 e. The van der Waals surface area contributed by atoms with Gasteiger partial charge >= 0.3 is 0 Å². The molecule has 0 atom stereocenters. The lowest BCUT2D eigenvalue weighted by Crippen LogP contribution is -2.24. The number of rotatable bonds is 4. The van der Waals surface area contributed by atoms with Crippen molar-refractivity contribution in [3.63, 3.8) is 0 Å². The minimum atomic E-state index is -0.393. The molecular weight excluding hydrogens is 342 g/mol. The van der Waals surface area contributed by atoms with Crippen LogP contribution >= 0.6 is 0 Å². The molecule has 0 aliphatic rings. The van der Waals surface area contributed by atoms with Crippen LogP contribution in [0.5, 0.6) is 0 Å². The van der Waals surface area contributed by atoms with Gasteiger partial charge in [-0.2, -0.15) is 10.2 Å². The summed E-state index contributed by atoms with van der Waals surface area (Å²) in [6, 6.07) is 12.8. The second-order valence-corrected chi connectivity index (χ2v) is 7.46. The van der Waals surface area contributed by atoms with E-state index in [2.05, 4.69) is 60.6 Å². The monoisotopic (exact) mass is 365 g/mol. The van der Waals surface area contributed by atoms with Gasteiger partial charge in [-0.15, -0.1) is 0 Å². The fourth-order valence-electron chi connectivity index (χ4n) is 2.65. The Kier molecular flexibility index (Phi) is 4.94. The van der Waals surface area contributed by atoms with Crippen LogP contribution in [-0.2, 0) is 19.0 Å². The number of hydrogen-bond donors (Lipinski definition) is 1. The smallest absolute Gasteiger partial charge is 0.277 e. The molecule has 3 aromatic rings. The highest BCUT2D eigenvalue weighted by atomic mass is 16.2. The summed E-state index contributed by atoms with van der Waals surface area (Å²) in [5, 5.41) is 11.0. The van der Waals surface area contributed by atoms with E-state index >= 15 is 0 Å². The summed E-state index contributed by atoms with van der Waals surface area (Å²) in [7, 11) is 1.50. The van der Waals surface area contributed by atoms with Crippen molar-refractivity contribution in [1.29, 1.82) is 0 Å². The Morgan fingerprint density at radius 3 is 2.41 bits per heavy atom. The van der Waals surface area contributed by atoms with Gasteiger partial charge < -0.3 is 5.32 Å². The molecule has 1 N–H and O–H groups in total. The molecule has 27 heavy (non-hydrogen) atoms. The summed E-state index contributed by atoms with van der Waals surface area (Å²) in [6.45, 7) is 7.07. The molecule has 0 aliphatic heterocycles. The van der Waals surface area contributed by atoms with E-state index in [0.717, 1.165) is 10.2 Å². The van der Waals surface area contributed by atoms with Crippen molar-refractivity contribution in [1.82, 2.24) is 19.6 Å². The molecule has 1 amide bonds. The van der Waals surface area contributed by atoms with Crippen LogP contribution in [0.15, 0.2) is 53.5 Å². The van der Waals surface area contributed by atoms with E-state index in [1.807, 2.05) is 0 Å². The number of carbonyl (C=O) groups excluding carboxylic acids is 1. The Bertz CT molecular complexity index is 1010. The first-order chi connectivity index (χ1) is 12.7. The maximum atomic E-state index is 12.4. The van der Waals surface area contributed by atoms with Crippen LogP contribution in [0.2, 0.25) is 0 Å². The van der Waals surface area contributed by atoms with Crippen molar-refractivity contribution in [2.75, 3.05) is 5.32 Å². The van der Waals surface area contributed by atoms with Crippen molar-refractivity contribution in [3.05, 3.63) is 75.8 Å². The number of nitrogens with one attached hydrogen (secondary N) is 1. The molecule has 0 saturated heterocycles. The molecule has 0 fully saturated rings. The minimum absolute atomic E-state index is 0.103. The zero-order valence-electron chi connectivity index (χ0n) is 15.9. The Morgan fingerprint density at radius 2 is 1.78 bits per heavy atom. The van der Waals surface area contributed by atoms with E-state index < -0.39 is 5.91 Å². The number of amides is 1. The van der Waals surface area contributed by atoms with Gasteiger partial charge in [0.05, 0.1) is 12.7 Å². The van der Waals surface area contributed by atoms with Gasteiger partial charge in [-0.3, -0.25) is 9.59 Å². The molecule has 2 heterocycles. The van der Waals surface area contributed by atoms with Crippen LogP contribution < -0.4 is 10.9 Å². The molecule has 3 rings (SSSR count). The van der Waals surface area contributed by atoms with E-state index in [-0.39, 0.29) is 16.7 Å². The van der Waals surface area contributed by atoms with Gasteiger partial charge in [0, 0.05) is 19.2 Å². The van der Waals surface area contributed by atoms with Gasteiger partial charge in [0.25, 0.3) is 11.5 Å². The van der Waals surface area contributed by atoms with Gasteiger partial charge in [-0.05, 0) is 22.6 Å². The number of hydrogen-bond acceptors (Lipinski definition) is 4. The standard InChI is InChI=1S/C20H23N5O2/c1-20(2,3)15-7-5-14(6-8-15)13-25-17(11-12-21-25)22-19(27)16-9-10-18(26)24(4)23-16/h5-12H,13H2,1-4H3,(H,22,27). The van der Waals surface area contributed by atoms with E-state index in [1.54, 1.807) is 16.9 Å². The lowest BCUT2D eigenvalue weighted by atomic mass is 9.87. The van der Waals surface area contributed by atoms with Crippen LogP contribution in [-0.4, -0.2) is 25.5 Å². The first-order valence-electron chi connectivity index (χ1n) is 8.71. The predicted octanol–water partition coefficient (Wildman–Crippen LogP) is 2.57. The highest BCUT2D eigenvalue weighted by Gasteiger charge is 2.14.